The molecule has 2 aromatic heterocycles. The Bertz CT molecular complexity index is 1380. The van der Waals surface area contributed by atoms with Crippen LogP contribution in [0.15, 0.2) is 60.9 Å². The standard InChI is InChI=1S/C17H16F3N3.C11H15F3N2/c1-3-11(2)23-15-10-13(17(18,19)20)4-5-14(15)22-16(23)12-6-8-21-9-7-12;1-3-7(2)16-10-5-4-8(6-9(10)15)11(12,13)14/h4-11H,3H2,1-2H3;4-7,16H,3,15H2,1-2H3. The number of benzene rings is 2. The first-order chi connectivity index (χ1) is 18.3. The van der Waals surface area contributed by atoms with Gasteiger partial charge in [0.25, 0.3) is 0 Å². The van der Waals surface area contributed by atoms with Crippen molar-refractivity contribution in [3.63, 3.8) is 0 Å². The zero-order valence-corrected chi connectivity index (χ0v) is 22.0. The highest BCUT2D eigenvalue weighted by Crippen LogP contribution is 2.35. The van der Waals surface area contributed by atoms with Gasteiger partial charge in [-0.2, -0.15) is 26.3 Å². The Labute approximate surface area is 223 Å². The number of pyridine rings is 1. The Kier molecular flexibility index (Phi) is 9.14. The lowest BCUT2D eigenvalue weighted by atomic mass is 10.1. The molecule has 4 aromatic rings. The Balaban J connectivity index is 0.000000231. The number of nitrogens with two attached hydrogens (primary N) is 1. The number of nitrogens with one attached hydrogen (secondary N) is 1. The fourth-order valence-electron chi connectivity index (χ4n) is 3.84. The maximum Gasteiger partial charge on any atom is 0.416 e. The topological polar surface area (TPSA) is 68.8 Å². The van der Waals surface area contributed by atoms with Crippen molar-refractivity contribution in [3.8, 4) is 11.4 Å². The highest BCUT2D eigenvalue weighted by Gasteiger charge is 2.32. The van der Waals surface area contributed by atoms with Crippen molar-refractivity contribution >= 4 is 22.4 Å². The molecule has 0 saturated carbocycles. The van der Waals surface area contributed by atoms with Crippen molar-refractivity contribution in [2.75, 3.05) is 11.1 Å². The summed E-state index contributed by atoms with van der Waals surface area (Å²) < 4.78 is 78.0. The molecule has 5 nitrogen and oxygen atoms in total. The van der Waals surface area contributed by atoms with Crippen LogP contribution in [0.2, 0.25) is 0 Å². The van der Waals surface area contributed by atoms with Crippen LogP contribution in [-0.4, -0.2) is 20.6 Å². The van der Waals surface area contributed by atoms with Gasteiger partial charge >= 0.3 is 12.4 Å². The molecule has 0 radical (unpaired) electrons. The summed E-state index contributed by atoms with van der Waals surface area (Å²) in [5, 5.41) is 3.05. The van der Waals surface area contributed by atoms with Crippen LogP contribution in [-0.2, 0) is 12.4 Å². The van der Waals surface area contributed by atoms with Crippen LogP contribution < -0.4 is 11.1 Å². The first-order valence-electron chi connectivity index (χ1n) is 12.5. The first-order valence-corrected chi connectivity index (χ1v) is 12.5. The first kappa shape index (κ1) is 29.8. The quantitative estimate of drug-likeness (QED) is 0.186. The Morgan fingerprint density at radius 2 is 1.44 bits per heavy atom. The van der Waals surface area contributed by atoms with Gasteiger partial charge in [-0.3, -0.25) is 4.98 Å². The van der Waals surface area contributed by atoms with Gasteiger partial charge in [0, 0.05) is 30.0 Å². The summed E-state index contributed by atoms with van der Waals surface area (Å²) in [5.41, 5.74) is 6.74. The van der Waals surface area contributed by atoms with Gasteiger partial charge < -0.3 is 15.6 Å². The molecule has 0 amide bonds. The van der Waals surface area contributed by atoms with Crippen molar-refractivity contribution in [1.82, 2.24) is 14.5 Å². The van der Waals surface area contributed by atoms with Crippen LogP contribution in [0, 0.1) is 0 Å². The number of hydrogen-bond donors (Lipinski definition) is 2. The van der Waals surface area contributed by atoms with Crippen LogP contribution in [0.3, 0.4) is 0 Å². The number of alkyl halides is 6. The molecule has 0 spiro atoms. The molecule has 0 aliphatic carbocycles. The van der Waals surface area contributed by atoms with E-state index in [9.17, 15) is 26.3 Å². The van der Waals surface area contributed by atoms with E-state index >= 15 is 0 Å². The average Bonchev–Trinajstić information content (AvgIpc) is 3.28. The third kappa shape index (κ3) is 7.21. The second kappa shape index (κ2) is 12.0. The number of rotatable bonds is 6. The van der Waals surface area contributed by atoms with Crippen LogP contribution in [0.1, 0.15) is 57.7 Å². The van der Waals surface area contributed by atoms with Gasteiger partial charge in [-0.05, 0) is 75.2 Å². The van der Waals surface area contributed by atoms with E-state index in [1.165, 1.54) is 18.2 Å². The monoisotopic (exact) mass is 551 g/mol. The number of aromatic nitrogens is 3. The van der Waals surface area contributed by atoms with Gasteiger partial charge in [0.05, 0.1) is 33.5 Å². The highest BCUT2D eigenvalue weighted by atomic mass is 19.4. The van der Waals surface area contributed by atoms with Crippen molar-refractivity contribution in [1.29, 1.82) is 0 Å². The Morgan fingerprint density at radius 3 is 1.97 bits per heavy atom. The van der Waals surface area contributed by atoms with Crippen LogP contribution in [0.25, 0.3) is 22.4 Å². The van der Waals surface area contributed by atoms with E-state index in [2.05, 4.69) is 15.3 Å². The number of imidazole rings is 1. The molecule has 210 valence electrons. The largest absolute Gasteiger partial charge is 0.416 e. The number of hydrogen-bond acceptors (Lipinski definition) is 4. The van der Waals surface area contributed by atoms with E-state index in [0.717, 1.165) is 36.6 Å². The van der Waals surface area contributed by atoms with Crippen LogP contribution in [0.4, 0.5) is 37.7 Å². The van der Waals surface area contributed by atoms with Crippen molar-refractivity contribution < 1.29 is 26.3 Å². The lowest BCUT2D eigenvalue weighted by Crippen LogP contribution is -2.15. The Hall–Kier alpha value is -3.76. The predicted molar refractivity (Wildman–Crippen MR) is 142 cm³/mol. The zero-order chi connectivity index (χ0) is 29.0. The summed E-state index contributed by atoms with van der Waals surface area (Å²) in [5.74, 6) is 0.663. The van der Waals surface area contributed by atoms with E-state index in [1.54, 1.807) is 12.4 Å². The number of nitrogen functional groups attached to an aromatic ring is 1. The highest BCUT2D eigenvalue weighted by molar-refractivity contribution is 5.81. The SMILES string of the molecule is CCC(C)Nc1ccc(C(F)(F)F)cc1N.CCC(C)n1c(-c2ccncc2)nc2ccc(C(F)(F)F)cc21. The lowest BCUT2D eigenvalue weighted by Gasteiger charge is -2.16. The molecule has 4 rings (SSSR count). The summed E-state index contributed by atoms with van der Waals surface area (Å²) in [6.07, 6.45) is -3.74. The number of fused-ring (bicyclic) bond motifs is 1. The summed E-state index contributed by atoms with van der Waals surface area (Å²) in [6, 6.07) is 10.9. The van der Waals surface area contributed by atoms with Gasteiger partial charge in [-0.1, -0.05) is 13.8 Å². The van der Waals surface area contributed by atoms with Gasteiger partial charge in [0.1, 0.15) is 5.82 Å². The van der Waals surface area contributed by atoms with Crippen molar-refractivity contribution in [2.45, 2.75) is 65.0 Å². The summed E-state index contributed by atoms with van der Waals surface area (Å²) >= 11 is 0. The molecule has 2 atom stereocenters. The smallest absolute Gasteiger partial charge is 0.397 e. The maximum atomic E-state index is 13.0. The molecule has 0 fully saturated rings. The summed E-state index contributed by atoms with van der Waals surface area (Å²) in [6.45, 7) is 7.90. The predicted octanol–water partition coefficient (Wildman–Crippen LogP) is 8.59. The van der Waals surface area contributed by atoms with E-state index in [-0.39, 0.29) is 17.8 Å². The molecule has 0 saturated heterocycles. The minimum atomic E-state index is -4.37. The van der Waals surface area contributed by atoms with Gasteiger partial charge in [-0.25, -0.2) is 4.98 Å². The molecule has 3 N–H and O–H groups in total. The van der Waals surface area contributed by atoms with E-state index in [4.69, 9.17) is 5.73 Å². The van der Waals surface area contributed by atoms with E-state index in [1.807, 2.05) is 44.4 Å². The third-order valence-electron chi connectivity index (χ3n) is 6.38. The Morgan fingerprint density at radius 1 is 0.846 bits per heavy atom. The second-order valence-electron chi connectivity index (χ2n) is 9.25. The third-order valence-corrected chi connectivity index (χ3v) is 6.38. The molecule has 0 aliphatic rings. The maximum absolute atomic E-state index is 13.0. The second-order valence-corrected chi connectivity index (χ2v) is 9.25. The molecule has 0 bridgehead atoms. The van der Waals surface area contributed by atoms with Crippen LogP contribution in [0.5, 0.6) is 0 Å². The molecule has 39 heavy (non-hydrogen) atoms. The van der Waals surface area contributed by atoms with Gasteiger partial charge in [0.15, 0.2) is 0 Å². The van der Waals surface area contributed by atoms with Crippen molar-refractivity contribution in [2.24, 2.45) is 0 Å². The molecular formula is C28H31F6N5. The van der Waals surface area contributed by atoms with Crippen LogP contribution >= 0.6 is 0 Å². The van der Waals surface area contributed by atoms with Crippen molar-refractivity contribution in [3.05, 3.63) is 72.1 Å². The van der Waals surface area contributed by atoms with Gasteiger partial charge in [0.2, 0.25) is 0 Å². The molecule has 2 unspecified atom stereocenters. The number of anilines is 2. The molecule has 2 aromatic carbocycles. The van der Waals surface area contributed by atoms with Gasteiger partial charge in [-0.15, -0.1) is 0 Å². The number of halogens is 6. The van der Waals surface area contributed by atoms with E-state index in [0.29, 0.717) is 22.5 Å². The summed E-state index contributed by atoms with van der Waals surface area (Å²) in [7, 11) is 0. The molecule has 2 heterocycles. The fourth-order valence-corrected chi connectivity index (χ4v) is 3.84. The minimum absolute atomic E-state index is 0.0339. The lowest BCUT2D eigenvalue weighted by molar-refractivity contribution is -0.138. The normalized spacial score (nSPS) is 13.5. The summed E-state index contributed by atoms with van der Waals surface area (Å²) in [4.78, 5) is 8.52. The molecule has 0 aliphatic heterocycles. The number of nitrogens with zero attached hydrogens (tertiary/aromatic N) is 3. The zero-order valence-electron chi connectivity index (χ0n) is 22.0. The van der Waals surface area contributed by atoms with E-state index < -0.39 is 23.5 Å². The molecule has 11 heteroatoms. The fraction of sp³-hybridized carbons (Fsp3) is 0.357. The minimum Gasteiger partial charge on any atom is -0.397 e. The average molecular weight is 552 g/mol. The molecular weight excluding hydrogens is 520 g/mol.